The molecule has 0 saturated heterocycles. The first-order valence-corrected chi connectivity index (χ1v) is 9.59. The zero-order valence-electron chi connectivity index (χ0n) is 17.9. The second kappa shape index (κ2) is 12.2. The van der Waals surface area contributed by atoms with Gasteiger partial charge in [-0.25, -0.2) is 0 Å². The average Bonchev–Trinajstić information content (AvgIpc) is 2.70. The molecule has 1 aromatic rings. The summed E-state index contributed by atoms with van der Waals surface area (Å²) in [4.78, 5) is 12.5. The largest absolute Gasteiger partial charge is 0.457 e. The standard InChI is InChI=1S/C26H31NO2/c1-8-11-13-25(19(4)5)29-21(7)24(12-9-2)18-20(6)27-26(28)23-16-14-22(10-3)15-17-23/h8-9,11-18H,2,4,7,10H2,1,3,5-6H3,(H,27,28)/b11-8-,20-18+,24-12+,25-13+. The molecule has 29 heavy (non-hydrogen) atoms. The summed E-state index contributed by atoms with van der Waals surface area (Å²) in [5.74, 6) is 0.889. The summed E-state index contributed by atoms with van der Waals surface area (Å²) >= 11 is 0. The number of hydrogen-bond donors (Lipinski definition) is 1. The molecule has 3 nitrogen and oxygen atoms in total. The van der Waals surface area contributed by atoms with Crippen LogP contribution in [0.25, 0.3) is 0 Å². The zero-order chi connectivity index (χ0) is 21.8. The van der Waals surface area contributed by atoms with Crippen molar-refractivity contribution in [1.82, 2.24) is 5.32 Å². The molecule has 0 aliphatic rings. The molecule has 0 aliphatic carbocycles. The molecule has 0 unspecified atom stereocenters. The minimum absolute atomic E-state index is 0.165. The minimum Gasteiger partial charge on any atom is -0.457 e. The fourth-order valence-electron chi connectivity index (χ4n) is 2.40. The highest BCUT2D eigenvalue weighted by molar-refractivity contribution is 5.95. The number of carbonyl (C=O) groups is 1. The van der Waals surface area contributed by atoms with Gasteiger partial charge in [0.15, 0.2) is 0 Å². The average molecular weight is 390 g/mol. The topological polar surface area (TPSA) is 38.3 Å². The molecule has 0 radical (unpaired) electrons. The Labute approximate surface area is 175 Å². The number of benzene rings is 1. The Balaban J connectivity index is 2.97. The maximum Gasteiger partial charge on any atom is 0.255 e. The number of amides is 1. The van der Waals surface area contributed by atoms with Gasteiger partial charge >= 0.3 is 0 Å². The second-order valence-corrected chi connectivity index (χ2v) is 6.55. The molecule has 1 aromatic carbocycles. The van der Waals surface area contributed by atoms with Crippen LogP contribution in [0.3, 0.4) is 0 Å². The number of aryl methyl sites for hydroxylation is 1. The van der Waals surface area contributed by atoms with Gasteiger partial charge in [0.1, 0.15) is 11.5 Å². The van der Waals surface area contributed by atoms with Gasteiger partial charge in [0.2, 0.25) is 0 Å². The van der Waals surface area contributed by atoms with Crippen LogP contribution in [0.15, 0.2) is 109 Å². The van der Waals surface area contributed by atoms with Gasteiger partial charge in [0.25, 0.3) is 5.91 Å². The number of rotatable bonds is 10. The van der Waals surface area contributed by atoms with Crippen molar-refractivity contribution < 1.29 is 9.53 Å². The minimum atomic E-state index is -0.165. The van der Waals surface area contributed by atoms with E-state index < -0.39 is 0 Å². The molecule has 0 heterocycles. The highest BCUT2D eigenvalue weighted by atomic mass is 16.5. The van der Waals surface area contributed by atoms with Gasteiger partial charge in [-0.15, -0.1) is 0 Å². The summed E-state index contributed by atoms with van der Waals surface area (Å²) in [5, 5.41) is 2.89. The van der Waals surface area contributed by atoms with Gasteiger partial charge in [-0.1, -0.05) is 63.1 Å². The lowest BCUT2D eigenvalue weighted by molar-refractivity contribution is 0.0966. The molecular formula is C26H31NO2. The van der Waals surface area contributed by atoms with Crippen molar-refractivity contribution in [2.24, 2.45) is 0 Å². The molecule has 152 valence electrons. The van der Waals surface area contributed by atoms with Gasteiger partial charge in [0.05, 0.1) is 0 Å². The molecule has 0 atom stereocenters. The summed E-state index contributed by atoms with van der Waals surface area (Å²) in [6.45, 7) is 19.4. The molecule has 0 spiro atoms. The van der Waals surface area contributed by atoms with Gasteiger partial charge in [0, 0.05) is 16.8 Å². The summed E-state index contributed by atoms with van der Waals surface area (Å²) < 4.78 is 5.89. The third-order valence-corrected chi connectivity index (χ3v) is 4.02. The van der Waals surface area contributed by atoms with Crippen molar-refractivity contribution in [3.8, 4) is 0 Å². The van der Waals surface area contributed by atoms with E-state index in [2.05, 4.69) is 32.0 Å². The number of carbonyl (C=O) groups excluding carboxylic acids is 1. The Bertz CT molecular complexity index is 878. The lowest BCUT2D eigenvalue weighted by Gasteiger charge is -2.14. The molecule has 0 fully saturated rings. The first kappa shape index (κ1) is 23.7. The first-order valence-electron chi connectivity index (χ1n) is 9.59. The Hall–Kier alpha value is -3.33. The second-order valence-electron chi connectivity index (χ2n) is 6.55. The monoisotopic (exact) mass is 389 g/mol. The van der Waals surface area contributed by atoms with Crippen molar-refractivity contribution in [2.75, 3.05) is 0 Å². The Kier molecular flexibility index (Phi) is 9.97. The molecule has 1 amide bonds. The van der Waals surface area contributed by atoms with Gasteiger partial charge in [-0.05, 0) is 62.6 Å². The smallest absolute Gasteiger partial charge is 0.255 e. The van der Waals surface area contributed by atoms with E-state index in [0.29, 0.717) is 28.4 Å². The van der Waals surface area contributed by atoms with E-state index in [0.717, 1.165) is 12.0 Å². The maximum absolute atomic E-state index is 12.5. The quantitative estimate of drug-likeness (QED) is 0.363. The predicted octanol–water partition coefficient (Wildman–Crippen LogP) is 6.56. The number of hydrogen-bond acceptors (Lipinski definition) is 2. The lowest BCUT2D eigenvalue weighted by atomic mass is 10.1. The summed E-state index contributed by atoms with van der Waals surface area (Å²) in [7, 11) is 0. The van der Waals surface area contributed by atoms with Crippen molar-refractivity contribution in [3.05, 3.63) is 120 Å². The molecule has 1 N–H and O–H groups in total. The molecule has 0 aromatic heterocycles. The fourth-order valence-corrected chi connectivity index (χ4v) is 2.40. The zero-order valence-corrected chi connectivity index (χ0v) is 17.9. The van der Waals surface area contributed by atoms with Crippen LogP contribution in [-0.4, -0.2) is 5.91 Å². The van der Waals surface area contributed by atoms with Crippen LogP contribution in [0.5, 0.6) is 0 Å². The molecule has 1 rings (SSSR count). The fraction of sp³-hybridized carbons (Fsp3) is 0.192. The van der Waals surface area contributed by atoms with Crippen molar-refractivity contribution in [3.63, 3.8) is 0 Å². The third kappa shape index (κ3) is 8.06. The Morgan fingerprint density at radius 3 is 2.31 bits per heavy atom. The summed E-state index contributed by atoms with van der Waals surface area (Å²) in [5.41, 5.74) is 3.95. The predicted molar refractivity (Wildman–Crippen MR) is 123 cm³/mol. The number of allylic oxidation sites excluding steroid dienone is 8. The van der Waals surface area contributed by atoms with Crippen LogP contribution in [-0.2, 0) is 11.2 Å². The van der Waals surface area contributed by atoms with E-state index in [4.69, 9.17) is 4.74 Å². The third-order valence-electron chi connectivity index (χ3n) is 4.02. The summed E-state index contributed by atoms with van der Waals surface area (Å²) in [6, 6.07) is 7.58. The normalized spacial score (nSPS) is 12.6. The Morgan fingerprint density at radius 2 is 1.79 bits per heavy atom. The van der Waals surface area contributed by atoms with Crippen molar-refractivity contribution >= 4 is 5.91 Å². The number of ether oxygens (including phenoxy) is 1. The highest BCUT2D eigenvalue weighted by Gasteiger charge is 2.09. The van der Waals surface area contributed by atoms with Gasteiger partial charge in [-0.3, -0.25) is 4.79 Å². The van der Waals surface area contributed by atoms with Crippen LogP contribution in [0.2, 0.25) is 0 Å². The molecule has 0 bridgehead atoms. The van der Waals surface area contributed by atoms with Crippen LogP contribution >= 0.6 is 0 Å². The highest BCUT2D eigenvalue weighted by Crippen LogP contribution is 2.20. The van der Waals surface area contributed by atoms with Gasteiger partial charge < -0.3 is 10.1 Å². The first-order chi connectivity index (χ1) is 13.8. The van der Waals surface area contributed by atoms with E-state index in [9.17, 15) is 4.79 Å². The van der Waals surface area contributed by atoms with Crippen LogP contribution in [0.1, 0.15) is 43.6 Å². The van der Waals surface area contributed by atoms with Crippen LogP contribution in [0, 0.1) is 0 Å². The molecule has 0 aliphatic heterocycles. The van der Waals surface area contributed by atoms with E-state index in [-0.39, 0.29) is 5.91 Å². The SMILES string of the molecule is C=C/C=C(\C=C(/C)NC(=O)c1ccc(CC)cc1)C(=C)O/C(=C/C=C\C)C(=C)C. The van der Waals surface area contributed by atoms with Crippen molar-refractivity contribution in [1.29, 1.82) is 0 Å². The van der Waals surface area contributed by atoms with Crippen molar-refractivity contribution in [2.45, 2.75) is 34.1 Å². The maximum atomic E-state index is 12.5. The Morgan fingerprint density at radius 1 is 1.14 bits per heavy atom. The summed E-state index contributed by atoms with van der Waals surface area (Å²) in [6.07, 6.45) is 11.8. The van der Waals surface area contributed by atoms with E-state index in [1.165, 1.54) is 5.56 Å². The number of nitrogens with one attached hydrogen (secondary N) is 1. The molecular weight excluding hydrogens is 358 g/mol. The molecule has 0 saturated carbocycles. The lowest BCUT2D eigenvalue weighted by Crippen LogP contribution is -2.21. The van der Waals surface area contributed by atoms with Crippen LogP contribution in [0.4, 0.5) is 0 Å². The van der Waals surface area contributed by atoms with E-state index >= 15 is 0 Å². The van der Waals surface area contributed by atoms with Crippen LogP contribution < -0.4 is 5.32 Å². The van der Waals surface area contributed by atoms with E-state index in [1.54, 1.807) is 18.2 Å². The van der Waals surface area contributed by atoms with Gasteiger partial charge in [-0.2, -0.15) is 0 Å². The van der Waals surface area contributed by atoms with E-state index in [1.807, 2.05) is 63.3 Å². The molecule has 3 heteroatoms.